The van der Waals surface area contributed by atoms with E-state index in [0.717, 1.165) is 0 Å². The summed E-state index contributed by atoms with van der Waals surface area (Å²) in [5.41, 5.74) is 5.80. The first-order valence-corrected chi connectivity index (χ1v) is 4.77. The van der Waals surface area contributed by atoms with Gasteiger partial charge in [-0.15, -0.1) is 0 Å². The van der Waals surface area contributed by atoms with Gasteiger partial charge in [0.25, 0.3) is 0 Å². The number of imidazole rings is 1. The molecule has 0 aliphatic carbocycles. The normalized spacial score (nSPS) is 16.8. The number of aliphatic hydroxyl groups excluding tert-OH is 2. The van der Waals surface area contributed by atoms with Crippen LogP contribution in [-0.4, -0.2) is 49.5 Å². The molecular weight excluding hydrogens is 214 g/mol. The minimum atomic E-state index is -1.51. The number of aryl methyl sites for hydroxylation is 1. The van der Waals surface area contributed by atoms with Crippen LogP contribution in [0.4, 0.5) is 0 Å². The zero-order valence-electron chi connectivity index (χ0n) is 8.79. The van der Waals surface area contributed by atoms with Crippen molar-refractivity contribution in [3.8, 4) is 0 Å². The molecule has 7 heteroatoms. The Balaban J connectivity index is 2.58. The van der Waals surface area contributed by atoms with Gasteiger partial charge < -0.3 is 26.0 Å². The molecule has 1 aromatic heterocycles. The van der Waals surface area contributed by atoms with Crippen LogP contribution in [0.1, 0.15) is 11.5 Å². The molecule has 7 nitrogen and oxygen atoms in total. The number of carboxylic acid groups (broad SMARTS) is 1. The lowest BCUT2D eigenvalue weighted by molar-refractivity contribution is -0.143. The molecule has 0 saturated heterocycles. The lowest BCUT2D eigenvalue weighted by atomic mass is 10.0. The van der Waals surface area contributed by atoms with Gasteiger partial charge in [0, 0.05) is 18.3 Å². The fourth-order valence-corrected chi connectivity index (χ4v) is 1.31. The molecule has 0 bridgehead atoms. The largest absolute Gasteiger partial charge is 0.480 e. The standard InChI is InChI=1S/C9H15N3O4/c1-4-11-3-5(12-4)2-6(13)8(14)7(10)9(15)16/h3,6-8,13-14H,2,10H2,1H3,(H,11,12)(H,15,16). The Morgan fingerprint density at radius 1 is 1.62 bits per heavy atom. The van der Waals surface area contributed by atoms with Gasteiger partial charge in [0.1, 0.15) is 18.0 Å². The van der Waals surface area contributed by atoms with E-state index in [-0.39, 0.29) is 6.42 Å². The van der Waals surface area contributed by atoms with Crippen molar-refractivity contribution in [2.75, 3.05) is 0 Å². The number of carbonyl (C=O) groups is 1. The highest BCUT2D eigenvalue weighted by Gasteiger charge is 2.28. The van der Waals surface area contributed by atoms with Crippen molar-refractivity contribution >= 4 is 5.97 Å². The molecule has 0 saturated carbocycles. The third-order valence-corrected chi connectivity index (χ3v) is 2.23. The lowest BCUT2D eigenvalue weighted by Crippen LogP contribution is -2.48. The van der Waals surface area contributed by atoms with E-state index >= 15 is 0 Å². The van der Waals surface area contributed by atoms with Crippen molar-refractivity contribution in [1.82, 2.24) is 9.97 Å². The molecule has 1 aromatic rings. The number of rotatable bonds is 5. The number of nitrogens with two attached hydrogens (primary N) is 1. The van der Waals surface area contributed by atoms with Crippen molar-refractivity contribution in [3.63, 3.8) is 0 Å². The monoisotopic (exact) mass is 229 g/mol. The van der Waals surface area contributed by atoms with Crippen LogP contribution in [0.3, 0.4) is 0 Å². The summed E-state index contributed by atoms with van der Waals surface area (Å²) in [5.74, 6) is -0.674. The van der Waals surface area contributed by atoms with Crippen molar-refractivity contribution in [1.29, 1.82) is 0 Å². The SMILES string of the molecule is Cc1ncc(CC(O)C(O)C(N)C(=O)O)[nH]1. The van der Waals surface area contributed by atoms with E-state index in [1.165, 1.54) is 6.20 Å². The molecule has 0 aromatic carbocycles. The van der Waals surface area contributed by atoms with Crippen LogP contribution in [0.5, 0.6) is 0 Å². The van der Waals surface area contributed by atoms with Gasteiger partial charge in [0.05, 0.1) is 6.10 Å². The Hall–Kier alpha value is -1.44. The Morgan fingerprint density at radius 3 is 2.69 bits per heavy atom. The number of aliphatic carboxylic acids is 1. The third kappa shape index (κ3) is 3.02. The maximum Gasteiger partial charge on any atom is 0.323 e. The van der Waals surface area contributed by atoms with Gasteiger partial charge in [-0.3, -0.25) is 4.79 Å². The average molecular weight is 229 g/mol. The van der Waals surface area contributed by atoms with Crippen molar-refractivity contribution < 1.29 is 20.1 Å². The first-order chi connectivity index (χ1) is 7.41. The highest BCUT2D eigenvalue weighted by atomic mass is 16.4. The van der Waals surface area contributed by atoms with Crippen LogP contribution in [0.15, 0.2) is 6.20 Å². The number of carboxylic acids is 1. The van der Waals surface area contributed by atoms with E-state index < -0.39 is 24.2 Å². The summed E-state index contributed by atoms with van der Waals surface area (Å²) in [6.07, 6.45) is -1.17. The van der Waals surface area contributed by atoms with Gasteiger partial charge in [0.2, 0.25) is 0 Å². The summed E-state index contributed by atoms with van der Waals surface area (Å²) in [6, 6.07) is -1.50. The van der Waals surface area contributed by atoms with E-state index in [9.17, 15) is 15.0 Å². The Kier molecular flexibility index (Phi) is 3.99. The molecule has 90 valence electrons. The van der Waals surface area contributed by atoms with Crippen LogP contribution in [0.25, 0.3) is 0 Å². The predicted molar refractivity (Wildman–Crippen MR) is 54.7 cm³/mol. The molecule has 3 unspecified atom stereocenters. The van der Waals surface area contributed by atoms with E-state index in [1.807, 2.05) is 0 Å². The average Bonchev–Trinajstić information content (AvgIpc) is 2.61. The topological polar surface area (TPSA) is 132 Å². The number of aromatic nitrogens is 2. The molecular formula is C9H15N3O4. The van der Waals surface area contributed by atoms with Crippen LogP contribution >= 0.6 is 0 Å². The zero-order chi connectivity index (χ0) is 12.3. The van der Waals surface area contributed by atoms with Gasteiger partial charge in [-0.25, -0.2) is 4.98 Å². The fraction of sp³-hybridized carbons (Fsp3) is 0.556. The molecule has 0 amide bonds. The van der Waals surface area contributed by atoms with E-state index in [1.54, 1.807) is 6.92 Å². The van der Waals surface area contributed by atoms with E-state index in [4.69, 9.17) is 10.8 Å². The number of H-pyrrole nitrogens is 1. The molecule has 0 aliphatic heterocycles. The van der Waals surface area contributed by atoms with Crippen LogP contribution in [0, 0.1) is 6.92 Å². The van der Waals surface area contributed by atoms with Gasteiger partial charge >= 0.3 is 5.97 Å². The first kappa shape index (κ1) is 12.6. The zero-order valence-corrected chi connectivity index (χ0v) is 8.79. The number of hydrogen-bond donors (Lipinski definition) is 5. The number of hydrogen-bond acceptors (Lipinski definition) is 5. The van der Waals surface area contributed by atoms with Gasteiger partial charge in [-0.05, 0) is 6.92 Å². The molecule has 0 spiro atoms. The molecule has 3 atom stereocenters. The number of aliphatic hydroxyl groups is 2. The summed E-state index contributed by atoms with van der Waals surface area (Å²) in [6.45, 7) is 1.75. The maximum absolute atomic E-state index is 10.5. The number of nitrogens with one attached hydrogen (secondary N) is 1. The predicted octanol–water partition coefficient (Wildman–Crippen LogP) is -1.61. The summed E-state index contributed by atoms with van der Waals surface area (Å²) < 4.78 is 0. The van der Waals surface area contributed by atoms with Crippen molar-refractivity contribution in [2.24, 2.45) is 5.73 Å². The van der Waals surface area contributed by atoms with Gasteiger partial charge in [-0.1, -0.05) is 0 Å². The molecule has 0 fully saturated rings. The summed E-state index contributed by atoms with van der Waals surface area (Å²) >= 11 is 0. The summed E-state index contributed by atoms with van der Waals surface area (Å²) in [5, 5.41) is 27.5. The first-order valence-electron chi connectivity index (χ1n) is 4.77. The van der Waals surface area contributed by atoms with Crippen LogP contribution in [-0.2, 0) is 11.2 Å². The minimum Gasteiger partial charge on any atom is -0.480 e. The summed E-state index contributed by atoms with van der Waals surface area (Å²) in [7, 11) is 0. The number of aromatic amines is 1. The molecule has 0 radical (unpaired) electrons. The van der Waals surface area contributed by atoms with Gasteiger partial charge in [0.15, 0.2) is 0 Å². The fourth-order valence-electron chi connectivity index (χ4n) is 1.31. The second kappa shape index (κ2) is 5.06. The number of nitrogens with zero attached hydrogens (tertiary/aromatic N) is 1. The van der Waals surface area contributed by atoms with E-state index in [0.29, 0.717) is 11.5 Å². The molecule has 6 N–H and O–H groups in total. The minimum absolute atomic E-state index is 0.0724. The smallest absolute Gasteiger partial charge is 0.323 e. The third-order valence-electron chi connectivity index (χ3n) is 2.23. The highest BCUT2D eigenvalue weighted by Crippen LogP contribution is 2.06. The Labute approximate surface area is 91.9 Å². The Bertz CT molecular complexity index is 365. The quantitative estimate of drug-likeness (QED) is 0.413. The molecule has 0 aliphatic rings. The lowest BCUT2D eigenvalue weighted by Gasteiger charge is -2.20. The molecule has 1 heterocycles. The van der Waals surface area contributed by atoms with Crippen LogP contribution < -0.4 is 5.73 Å². The van der Waals surface area contributed by atoms with Gasteiger partial charge in [-0.2, -0.15) is 0 Å². The Morgan fingerprint density at radius 2 is 2.25 bits per heavy atom. The van der Waals surface area contributed by atoms with Crippen LogP contribution in [0.2, 0.25) is 0 Å². The van der Waals surface area contributed by atoms with Crippen molar-refractivity contribution in [2.45, 2.75) is 31.6 Å². The van der Waals surface area contributed by atoms with E-state index in [2.05, 4.69) is 9.97 Å². The molecule has 16 heavy (non-hydrogen) atoms. The maximum atomic E-state index is 10.5. The van der Waals surface area contributed by atoms with Crippen molar-refractivity contribution in [3.05, 3.63) is 17.7 Å². The highest BCUT2D eigenvalue weighted by molar-refractivity contribution is 5.74. The second-order valence-corrected chi connectivity index (χ2v) is 3.62. The summed E-state index contributed by atoms with van der Waals surface area (Å²) in [4.78, 5) is 17.3. The second-order valence-electron chi connectivity index (χ2n) is 3.62. The molecule has 1 rings (SSSR count).